The van der Waals surface area contributed by atoms with Crippen LogP contribution in [-0.4, -0.2) is 17.0 Å². The molecule has 1 amide bonds. The number of amides is 1. The van der Waals surface area contributed by atoms with E-state index in [1.54, 1.807) is 0 Å². The zero-order valence-electron chi connectivity index (χ0n) is 11.3. The van der Waals surface area contributed by atoms with Gasteiger partial charge in [0.1, 0.15) is 0 Å². The minimum absolute atomic E-state index is 0.0155. The van der Waals surface area contributed by atoms with Gasteiger partial charge in [0.05, 0.1) is 11.1 Å². The Morgan fingerprint density at radius 1 is 1.17 bits per heavy atom. The first kappa shape index (κ1) is 16.7. The van der Waals surface area contributed by atoms with Crippen LogP contribution in [0.5, 0.6) is 5.75 Å². The first-order valence-corrected chi connectivity index (χ1v) is 6.88. The Hall–Kier alpha value is -2.64. The number of nitrogens with zero attached hydrogens (tertiary/aromatic N) is 2. The molecule has 2 aromatic rings. The van der Waals surface area contributed by atoms with Crippen LogP contribution >= 0.6 is 23.2 Å². The summed E-state index contributed by atoms with van der Waals surface area (Å²) in [5.41, 5.74) is 1.73. The lowest BCUT2D eigenvalue weighted by molar-refractivity contribution is -0.398. The summed E-state index contributed by atoms with van der Waals surface area (Å²) in [6, 6.07) is 8.24. The van der Waals surface area contributed by atoms with E-state index in [4.69, 9.17) is 23.2 Å². The number of nitrogens with one attached hydrogen (secondary N) is 1. The van der Waals surface area contributed by atoms with Crippen LogP contribution in [0.4, 0.5) is 5.69 Å². The first-order valence-electron chi connectivity index (χ1n) is 6.12. The van der Waals surface area contributed by atoms with E-state index in [1.165, 1.54) is 30.3 Å². The Bertz CT molecular complexity index is 791. The highest BCUT2D eigenvalue weighted by molar-refractivity contribution is 6.31. The summed E-state index contributed by atoms with van der Waals surface area (Å²) in [4.78, 5) is 21.7. The molecule has 2 aromatic carbocycles. The highest BCUT2D eigenvalue weighted by Crippen LogP contribution is 2.29. The van der Waals surface area contributed by atoms with Gasteiger partial charge in [-0.25, -0.2) is 5.43 Å². The van der Waals surface area contributed by atoms with Gasteiger partial charge in [0.15, 0.2) is 0 Å². The molecule has 23 heavy (non-hydrogen) atoms. The second-order valence-electron chi connectivity index (χ2n) is 4.31. The van der Waals surface area contributed by atoms with Crippen molar-refractivity contribution in [1.82, 2.24) is 5.43 Å². The predicted molar refractivity (Wildman–Crippen MR) is 84.1 cm³/mol. The maximum Gasteiger partial charge on any atom is 0.271 e. The van der Waals surface area contributed by atoms with Gasteiger partial charge in [-0.1, -0.05) is 23.2 Å². The molecule has 118 valence electrons. The third kappa shape index (κ3) is 4.18. The number of benzene rings is 2. The quantitative estimate of drug-likeness (QED) is 0.518. The fraction of sp³-hybridized carbons (Fsp3) is 0. The van der Waals surface area contributed by atoms with E-state index >= 15 is 0 Å². The SMILES string of the molecule is O=C(NN=Cc1cc(Cl)cc([N+](=O)[O-])c1[O-])c1ccc(Cl)cc1. The van der Waals surface area contributed by atoms with E-state index in [1.807, 2.05) is 0 Å². The lowest BCUT2D eigenvalue weighted by Gasteiger charge is -2.10. The lowest BCUT2D eigenvalue weighted by atomic mass is 10.2. The van der Waals surface area contributed by atoms with E-state index in [-0.39, 0.29) is 10.6 Å². The highest BCUT2D eigenvalue weighted by atomic mass is 35.5. The summed E-state index contributed by atoms with van der Waals surface area (Å²) in [7, 11) is 0. The van der Waals surface area contributed by atoms with Crippen molar-refractivity contribution in [3.05, 3.63) is 67.7 Å². The molecule has 0 aliphatic rings. The number of nitro benzene ring substituents is 1. The predicted octanol–water partition coefficient (Wildman–Crippen LogP) is 2.74. The van der Waals surface area contributed by atoms with Gasteiger partial charge in [-0.2, -0.15) is 5.10 Å². The van der Waals surface area contributed by atoms with Crippen LogP contribution in [0.25, 0.3) is 0 Å². The summed E-state index contributed by atoms with van der Waals surface area (Å²) in [6.07, 6.45) is 0.995. The van der Waals surface area contributed by atoms with Gasteiger partial charge in [-0.05, 0) is 41.6 Å². The average molecular weight is 353 g/mol. The van der Waals surface area contributed by atoms with Gasteiger partial charge < -0.3 is 5.11 Å². The van der Waals surface area contributed by atoms with Crippen molar-refractivity contribution in [2.75, 3.05) is 0 Å². The van der Waals surface area contributed by atoms with Crippen LogP contribution < -0.4 is 10.5 Å². The molecular weight excluding hydrogens is 345 g/mol. The largest absolute Gasteiger partial charge is 0.867 e. The Morgan fingerprint density at radius 3 is 2.43 bits per heavy atom. The van der Waals surface area contributed by atoms with Crippen molar-refractivity contribution < 1.29 is 14.8 Å². The van der Waals surface area contributed by atoms with E-state index < -0.39 is 22.3 Å². The number of hydrogen-bond donors (Lipinski definition) is 1. The Kier molecular flexibility index (Phi) is 5.15. The van der Waals surface area contributed by atoms with Crippen LogP contribution in [0.15, 0.2) is 41.5 Å². The van der Waals surface area contributed by atoms with Crippen LogP contribution in [0.2, 0.25) is 10.0 Å². The van der Waals surface area contributed by atoms with Gasteiger partial charge in [0.25, 0.3) is 11.6 Å². The summed E-state index contributed by atoms with van der Waals surface area (Å²) >= 11 is 11.4. The molecule has 0 atom stereocenters. The molecule has 2 rings (SSSR count). The standard InChI is InChI=1S/C14H9Cl2N3O4/c15-10-3-1-8(2-4-10)14(21)18-17-7-9-5-11(16)6-12(13(9)20)19(22)23/h1-7,20H,(H,18,21)/p-1. The lowest BCUT2D eigenvalue weighted by Crippen LogP contribution is -2.17. The summed E-state index contributed by atoms with van der Waals surface area (Å²) in [6.45, 7) is 0. The fourth-order valence-electron chi connectivity index (χ4n) is 1.66. The Labute approximate surface area is 140 Å². The van der Waals surface area contributed by atoms with Crippen molar-refractivity contribution in [2.24, 2.45) is 5.10 Å². The van der Waals surface area contributed by atoms with Crippen molar-refractivity contribution >= 4 is 41.0 Å². The summed E-state index contributed by atoms with van der Waals surface area (Å²) in [5, 5.41) is 26.7. The molecule has 0 bridgehead atoms. The van der Waals surface area contributed by atoms with E-state index in [0.717, 1.165) is 12.3 Å². The highest BCUT2D eigenvalue weighted by Gasteiger charge is 2.11. The molecule has 0 unspecified atom stereocenters. The summed E-state index contributed by atoms with van der Waals surface area (Å²) in [5.74, 6) is -1.37. The smallest absolute Gasteiger partial charge is 0.271 e. The molecule has 0 aromatic heterocycles. The number of carbonyl (C=O) groups is 1. The van der Waals surface area contributed by atoms with Crippen molar-refractivity contribution in [2.45, 2.75) is 0 Å². The number of hydrogen-bond acceptors (Lipinski definition) is 5. The number of nitro groups is 1. The number of halogens is 2. The molecule has 7 nitrogen and oxygen atoms in total. The normalized spacial score (nSPS) is 10.7. The zero-order chi connectivity index (χ0) is 17.0. The van der Waals surface area contributed by atoms with E-state index in [2.05, 4.69) is 10.5 Å². The average Bonchev–Trinajstić information content (AvgIpc) is 2.50. The molecule has 0 saturated carbocycles. The Balaban J connectivity index is 2.16. The molecule has 1 N–H and O–H groups in total. The molecule has 0 heterocycles. The van der Waals surface area contributed by atoms with E-state index in [0.29, 0.717) is 10.6 Å². The molecule has 0 aliphatic heterocycles. The monoisotopic (exact) mass is 352 g/mol. The van der Waals surface area contributed by atoms with Crippen molar-refractivity contribution in [1.29, 1.82) is 0 Å². The molecular formula is C14H8Cl2N3O4-. The van der Waals surface area contributed by atoms with Crippen LogP contribution in [0.3, 0.4) is 0 Å². The maximum absolute atomic E-state index is 11.8. The van der Waals surface area contributed by atoms with Crippen molar-refractivity contribution in [3.63, 3.8) is 0 Å². The first-order chi connectivity index (χ1) is 10.9. The van der Waals surface area contributed by atoms with Gasteiger partial charge in [-0.15, -0.1) is 0 Å². The van der Waals surface area contributed by atoms with Crippen LogP contribution in [0.1, 0.15) is 15.9 Å². The Morgan fingerprint density at radius 2 is 1.83 bits per heavy atom. The molecule has 0 fully saturated rings. The maximum atomic E-state index is 11.8. The van der Waals surface area contributed by atoms with Gasteiger partial charge in [-0.3, -0.25) is 14.9 Å². The minimum Gasteiger partial charge on any atom is -0.867 e. The number of hydrazone groups is 1. The molecule has 9 heteroatoms. The number of carbonyl (C=O) groups excluding carboxylic acids is 1. The van der Waals surface area contributed by atoms with Crippen LogP contribution in [0, 0.1) is 10.1 Å². The molecule has 0 aliphatic carbocycles. The van der Waals surface area contributed by atoms with Gasteiger partial charge in [0, 0.05) is 21.7 Å². The number of rotatable bonds is 4. The molecule has 0 spiro atoms. The molecule has 0 saturated heterocycles. The minimum atomic E-state index is -0.844. The van der Waals surface area contributed by atoms with Crippen LogP contribution in [-0.2, 0) is 0 Å². The second-order valence-corrected chi connectivity index (χ2v) is 5.18. The third-order valence-electron chi connectivity index (χ3n) is 2.74. The van der Waals surface area contributed by atoms with Crippen molar-refractivity contribution in [3.8, 4) is 5.75 Å². The van der Waals surface area contributed by atoms with Gasteiger partial charge >= 0.3 is 0 Å². The zero-order valence-corrected chi connectivity index (χ0v) is 12.8. The van der Waals surface area contributed by atoms with E-state index in [9.17, 15) is 20.0 Å². The second kappa shape index (κ2) is 7.08. The topological polar surface area (TPSA) is 108 Å². The summed E-state index contributed by atoms with van der Waals surface area (Å²) < 4.78 is 0. The fourth-order valence-corrected chi connectivity index (χ4v) is 2.00. The molecule has 0 radical (unpaired) electrons. The third-order valence-corrected chi connectivity index (χ3v) is 3.21. The van der Waals surface area contributed by atoms with Gasteiger partial charge in [0.2, 0.25) is 0 Å².